The monoisotopic (exact) mass is 316 g/mol. The van der Waals surface area contributed by atoms with E-state index in [9.17, 15) is 13.2 Å². The van der Waals surface area contributed by atoms with Crippen molar-refractivity contribution in [1.29, 1.82) is 0 Å². The Morgan fingerprint density at radius 2 is 1.86 bits per heavy atom. The number of carbonyl (C=O) groups is 1. The van der Waals surface area contributed by atoms with Gasteiger partial charge in [-0.05, 0) is 12.1 Å². The number of hydrogen-bond acceptors (Lipinski definition) is 5. The summed E-state index contributed by atoms with van der Waals surface area (Å²) in [5, 5.41) is 2.53. The third-order valence-electron chi connectivity index (χ3n) is 2.28. The first kappa shape index (κ1) is 17.4. The van der Waals surface area contributed by atoms with Gasteiger partial charge in [0.05, 0.1) is 12.9 Å². The molecule has 0 saturated carbocycles. The summed E-state index contributed by atoms with van der Waals surface area (Å²) >= 11 is 0. The van der Waals surface area contributed by atoms with Gasteiger partial charge in [-0.2, -0.15) is 0 Å². The molecule has 8 heteroatoms. The normalized spacial score (nSPS) is 11.1. The van der Waals surface area contributed by atoms with E-state index in [1.807, 2.05) is 30.3 Å². The number of benzene rings is 1. The second kappa shape index (κ2) is 9.32. The lowest BCUT2D eigenvalue weighted by Gasteiger charge is -2.08. The largest absolute Gasteiger partial charge is 0.491 e. The van der Waals surface area contributed by atoms with Crippen LogP contribution in [0.4, 0.5) is 0 Å². The summed E-state index contributed by atoms with van der Waals surface area (Å²) in [7, 11) is -3.22. The molecule has 0 fully saturated rings. The molecule has 0 saturated heterocycles. The van der Waals surface area contributed by atoms with Crippen molar-refractivity contribution in [2.45, 2.75) is 0 Å². The minimum atomic E-state index is -3.22. The number of carbonyl (C=O) groups excluding carboxylic acids is 1. The molecule has 0 radical (unpaired) electrons. The SMILES string of the molecule is CS(=O)(=O)NCCNC(=O)COCCOc1ccccc1. The van der Waals surface area contributed by atoms with Crippen LogP contribution in [0.25, 0.3) is 0 Å². The lowest BCUT2D eigenvalue weighted by molar-refractivity contribution is -0.125. The van der Waals surface area contributed by atoms with Crippen LogP contribution in [0, 0.1) is 0 Å². The zero-order chi connectivity index (χ0) is 15.6. The number of rotatable bonds is 10. The number of para-hydroxylation sites is 1. The van der Waals surface area contributed by atoms with Crippen LogP contribution in [0.15, 0.2) is 30.3 Å². The van der Waals surface area contributed by atoms with Gasteiger partial charge in [0.25, 0.3) is 0 Å². The lowest BCUT2D eigenvalue weighted by atomic mass is 10.3. The summed E-state index contributed by atoms with van der Waals surface area (Å²) in [5.74, 6) is 0.447. The fraction of sp³-hybridized carbons (Fsp3) is 0.462. The third-order valence-corrected chi connectivity index (χ3v) is 3.01. The molecule has 0 bridgehead atoms. The minimum Gasteiger partial charge on any atom is -0.491 e. The molecular formula is C13H20N2O5S. The van der Waals surface area contributed by atoms with Crippen LogP contribution in [-0.2, 0) is 19.6 Å². The maximum atomic E-state index is 11.3. The molecule has 0 aliphatic rings. The maximum Gasteiger partial charge on any atom is 0.246 e. The maximum absolute atomic E-state index is 11.3. The van der Waals surface area contributed by atoms with Crippen molar-refractivity contribution in [3.63, 3.8) is 0 Å². The van der Waals surface area contributed by atoms with Crippen molar-refractivity contribution in [2.24, 2.45) is 0 Å². The molecule has 0 unspecified atom stereocenters. The first-order valence-electron chi connectivity index (χ1n) is 6.44. The predicted octanol–water partition coefficient (Wildman–Crippen LogP) is -0.253. The van der Waals surface area contributed by atoms with Crippen molar-refractivity contribution in [3.8, 4) is 5.75 Å². The van der Waals surface area contributed by atoms with E-state index in [1.54, 1.807) is 0 Å². The Kier molecular flexibility index (Phi) is 7.73. The number of sulfonamides is 1. The highest BCUT2D eigenvalue weighted by Gasteiger charge is 2.02. The van der Waals surface area contributed by atoms with Crippen molar-refractivity contribution in [2.75, 3.05) is 39.2 Å². The van der Waals surface area contributed by atoms with Crippen LogP contribution in [0.1, 0.15) is 0 Å². The summed E-state index contributed by atoms with van der Waals surface area (Å²) < 4.78 is 34.3. The lowest BCUT2D eigenvalue weighted by Crippen LogP contribution is -2.36. The molecule has 21 heavy (non-hydrogen) atoms. The fourth-order valence-electron chi connectivity index (χ4n) is 1.39. The fourth-order valence-corrected chi connectivity index (χ4v) is 1.86. The highest BCUT2D eigenvalue weighted by Crippen LogP contribution is 2.07. The Balaban J connectivity index is 1.98. The van der Waals surface area contributed by atoms with Gasteiger partial charge in [-0.1, -0.05) is 18.2 Å². The zero-order valence-corrected chi connectivity index (χ0v) is 12.7. The van der Waals surface area contributed by atoms with Gasteiger partial charge in [0.15, 0.2) is 0 Å². The van der Waals surface area contributed by atoms with Crippen LogP contribution in [0.3, 0.4) is 0 Å². The minimum absolute atomic E-state index is 0.0863. The molecule has 1 rings (SSSR count). The molecule has 0 atom stereocenters. The average Bonchev–Trinajstić information content (AvgIpc) is 2.43. The standard InChI is InChI=1S/C13H20N2O5S/c1-21(17,18)15-8-7-14-13(16)11-19-9-10-20-12-5-3-2-4-6-12/h2-6,15H,7-11H2,1H3,(H,14,16). The summed E-state index contributed by atoms with van der Waals surface area (Å²) in [5.41, 5.74) is 0. The van der Waals surface area contributed by atoms with Gasteiger partial charge in [-0.15, -0.1) is 0 Å². The molecule has 1 aromatic rings. The molecule has 1 aromatic carbocycles. The smallest absolute Gasteiger partial charge is 0.246 e. The second-order valence-corrected chi connectivity index (χ2v) is 6.06. The van der Waals surface area contributed by atoms with Crippen LogP contribution >= 0.6 is 0 Å². The van der Waals surface area contributed by atoms with Crippen LogP contribution in [0.5, 0.6) is 5.75 Å². The highest BCUT2D eigenvalue weighted by atomic mass is 32.2. The summed E-state index contributed by atoms with van der Waals surface area (Å²) in [6.07, 6.45) is 1.06. The van der Waals surface area contributed by atoms with E-state index >= 15 is 0 Å². The Hall–Kier alpha value is -1.64. The van der Waals surface area contributed by atoms with E-state index in [1.165, 1.54) is 0 Å². The molecule has 0 aliphatic heterocycles. The average molecular weight is 316 g/mol. The number of nitrogens with one attached hydrogen (secondary N) is 2. The predicted molar refractivity (Wildman–Crippen MR) is 78.6 cm³/mol. The van der Waals surface area contributed by atoms with E-state index in [-0.39, 0.29) is 25.6 Å². The molecule has 0 aromatic heterocycles. The van der Waals surface area contributed by atoms with E-state index in [0.29, 0.717) is 13.2 Å². The molecule has 1 amide bonds. The van der Waals surface area contributed by atoms with Crippen LogP contribution in [0.2, 0.25) is 0 Å². The first-order chi connectivity index (χ1) is 9.97. The van der Waals surface area contributed by atoms with E-state index in [0.717, 1.165) is 12.0 Å². The first-order valence-corrected chi connectivity index (χ1v) is 8.33. The zero-order valence-electron chi connectivity index (χ0n) is 11.9. The summed E-state index contributed by atoms with van der Waals surface area (Å²) in [4.78, 5) is 11.3. The number of amides is 1. The number of hydrogen-bond donors (Lipinski definition) is 2. The van der Waals surface area contributed by atoms with Gasteiger partial charge in [0.1, 0.15) is 19.0 Å². The summed E-state index contributed by atoms with van der Waals surface area (Å²) in [6, 6.07) is 9.30. The Morgan fingerprint density at radius 3 is 2.52 bits per heavy atom. The van der Waals surface area contributed by atoms with Crippen molar-refractivity contribution >= 4 is 15.9 Å². The van der Waals surface area contributed by atoms with E-state index in [2.05, 4.69) is 10.0 Å². The number of ether oxygens (including phenoxy) is 2. The van der Waals surface area contributed by atoms with Crippen LogP contribution in [-0.4, -0.2) is 53.5 Å². The van der Waals surface area contributed by atoms with Crippen LogP contribution < -0.4 is 14.8 Å². The van der Waals surface area contributed by atoms with Crippen molar-refractivity contribution < 1.29 is 22.7 Å². The van der Waals surface area contributed by atoms with Gasteiger partial charge in [-0.25, -0.2) is 13.1 Å². The van der Waals surface area contributed by atoms with Gasteiger partial charge < -0.3 is 14.8 Å². The quantitative estimate of drug-likeness (QED) is 0.581. The van der Waals surface area contributed by atoms with E-state index < -0.39 is 10.0 Å². The van der Waals surface area contributed by atoms with E-state index in [4.69, 9.17) is 9.47 Å². The molecule has 2 N–H and O–H groups in total. The van der Waals surface area contributed by atoms with Gasteiger partial charge in [-0.3, -0.25) is 4.79 Å². The van der Waals surface area contributed by atoms with Gasteiger partial charge in [0.2, 0.25) is 15.9 Å². The van der Waals surface area contributed by atoms with Crippen molar-refractivity contribution in [1.82, 2.24) is 10.0 Å². The Morgan fingerprint density at radius 1 is 1.14 bits per heavy atom. The third kappa shape index (κ3) is 9.83. The molecule has 0 aliphatic carbocycles. The Bertz CT molecular complexity index is 519. The molecule has 118 valence electrons. The van der Waals surface area contributed by atoms with Crippen molar-refractivity contribution in [3.05, 3.63) is 30.3 Å². The molecule has 0 heterocycles. The van der Waals surface area contributed by atoms with Gasteiger partial charge in [0, 0.05) is 13.1 Å². The second-order valence-electron chi connectivity index (χ2n) is 4.23. The molecule has 0 spiro atoms. The molecule has 7 nitrogen and oxygen atoms in total. The van der Waals surface area contributed by atoms with Gasteiger partial charge >= 0.3 is 0 Å². The highest BCUT2D eigenvalue weighted by molar-refractivity contribution is 7.88. The topological polar surface area (TPSA) is 93.7 Å². The molecular weight excluding hydrogens is 296 g/mol. The Labute approximate surface area is 124 Å². The summed E-state index contributed by atoms with van der Waals surface area (Å²) in [6.45, 7) is 0.936.